The fourth-order valence-electron chi connectivity index (χ4n) is 7.05. The highest BCUT2D eigenvalue weighted by atomic mass is 16.6. The first-order valence-corrected chi connectivity index (χ1v) is 12.3. The molecule has 0 aromatic carbocycles. The van der Waals surface area contributed by atoms with Crippen LogP contribution in [0.25, 0.3) is 0 Å². The van der Waals surface area contributed by atoms with Crippen LogP contribution in [-0.4, -0.2) is 55.5 Å². The molecule has 33 heavy (non-hydrogen) atoms. The van der Waals surface area contributed by atoms with Crippen LogP contribution in [0.1, 0.15) is 78.1 Å². The van der Waals surface area contributed by atoms with Crippen LogP contribution in [0.3, 0.4) is 0 Å². The summed E-state index contributed by atoms with van der Waals surface area (Å²) in [6, 6.07) is 2.05. The molecular weight excluding hydrogens is 420 g/mol. The zero-order valence-corrected chi connectivity index (χ0v) is 20.8. The number of ether oxygens (including phenoxy) is 1. The number of amides is 2. The molecule has 3 N–H and O–H groups in total. The van der Waals surface area contributed by atoms with E-state index in [0.717, 1.165) is 44.9 Å². The van der Waals surface area contributed by atoms with Gasteiger partial charge in [-0.1, -0.05) is 13.8 Å². The fourth-order valence-corrected chi connectivity index (χ4v) is 7.05. The highest BCUT2D eigenvalue weighted by Gasteiger charge is 2.60. The number of nitrogens with zero attached hydrogens (tertiary/aromatic N) is 2. The van der Waals surface area contributed by atoms with E-state index in [2.05, 4.69) is 24.0 Å². The zero-order valence-electron chi connectivity index (χ0n) is 20.8. The van der Waals surface area contributed by atoms with Crippen LogP contribution >= 0.6 is 0 Å². The highest BCUT2D eigenvalue weighted by molar-refractivity contribution is 5.78. The summed E-state index contributed by atoms with van der Waals surface area (Å²) in [5.41, 5.74) is 3.81. The third-order valence-corrected chi connectivity index (χ3v) is 7.42. The SMILES string of the molecule is CCCC(=O)OC12CC3CC(CC(CC(=O)N4CC(C)CC4C#N)(C3)C1)C2.CNC.NC=O. The van der Waals surface area contributed by atoms with Crippen molar-refractivity contribution in [2.75, 3.05) is 20.6 Å². The molecule has 4 bridgehead atoms. The van der Waals surface area contributed by atoms with Crippen LogP contribution in [0.4, 0.5) is 0 Å². The summed E-state index contributed by atoms with van der Waals surface area (Å²) in [7, 11) is 3.75. The van der Waals surface area contributed by atoms with Crippen molar-refractivity contribution in [1.29, 1.82) is 5.26 Å². The quantitative estimate of drug-likeness (QED) is 0.478. The number of carbonyl (C=O) groups is 3. The van der Waals surface area contributed by atoms with E-state index < -0.39 is 0 Å². The summed E-state index contributed by atoms with van der Waals surface area (Å²) in [5.74, 6) is 1.63. The first kappa shape index (κ1) is 27.1. The van der Waals surface area contributed by atoms with Gasteiger partial charge in [0, 0.05) is 19.4 Å². The molecule has 186 valence electrons. The number of hydrogen-bond donors (Lipinski definition) is 2. The largest absolute Gasteiger partial charge is 0.459 e. The number of carbonyl (C=O) groups excluding carboxylic acids is 3. The number of nitriles is 1. The molecule has 0 spiro atoms. The Morgan fingerprint density at radius 3 is 2.30 bits per heavy atom. The van der Waals surface area contributed by atoms with Gasteiger partial charge in [0.1, 0.15) is 11.6 Å². The van der Waals surface area contributed by atoms with E-state index in [1.54, 1.807) is 0 Å². The number of likely N-dealkylation sites (tertiary alicyclic amines) is 1. The predicted octanol–water partition coefficient (Wildman–Crippen LogP) is 2.76. The van der Waals surface area contributed by atoms with Gasteiger partial charge in [-0.25, -0.2) is 0 Å². The highest BCUT2D eigenvalue weighted by Crippen LogP contribution is 2.64. The van der Waals surface area contributed by atoms with Gasteiger partial charge in [-0.3, -0.25) is 14.4 Å². The molecule has 0 aromatic heterocycles. The van der Waals surface area contributed by atoms with Gasteiger partial charge in [0.2, 0.25) is 12.3 Å². The predicted molar refractivity (Wildman–Crippen MR) is 126 cm³/mol. The molecule has 8 nitrogen and oxygen atoms in total. The molecule has 5 fully saturated rings. The molecule has 8 heteroatoms. The average Bonchev–Trinajstić information content (AvgIpc) is 3.08. The first-order valence-electron chi connectivity index (χ1n) is 12.3. The number of esters is 1. The lowest BCUT2D eigenvalue weighted by Crippen LogP contribution is -2.58. The summed E-state index contributed by atoms with van der Waals surface area (Å²) in [6.07, 6.45) is 9.07. The van der Waals surface area contributed by atoms with Gasteiger partial charge >= 0.3 is 5.97 Å². The summed E-state index contributed by atoms with van der Waals surface area (Å²) >= 11 is 0. The molecule has 1 aliphatic heterocycles. The van der Waals surface area contributed by atoms with Gasteiger partial charge in [0.25, 0.3) is 0 Å². The van der Waals surface area contributed by atoms with Gasteiger partial charge in [0.15, 0.2) is 0 Å². The van der Waals surface area contributed by atoms with E-state index in [1.165, 1.54) is 6.42 Å². The summed E-state index contributed by atoms with van der Waals surface area (Å²) in [5, 5.41) is 12.2. The van der Waals surface area contributed by atoms with Gasteiger partial charge in [0.05, 0.1) is 6.07 Å². The van der Waals surface area contributed by atoms with Crippen molar-refractivity contribution in [1.82, 2.24) is 10.2 Å². The molecule has 2 amide bonds. The average molecular weight is 463 g/mol. The van der Waals surface area contributed by atoms with Crippen molar-refractivity contribution >= 4 is 18.3 Å². The lowest BCUT2D eigenvalue weighted by atomic mass is 9.47. The fraction of sp³-hybridized carbons (Fsp3) is 0.840. The van der Waals surface area contributed by atoms with Gasteiger partial charge in [-0.05, 0) is 88.6 Å². The maximum absolute atomic E-state index is 13.1. The smallest absolute Gasteiger partial charge is 0.306 e. The minimum atomic E-state index is -0.330. The van der Waals surface area contributed by atoms with E-state index in [1.807, 2.05) is 25.9 Å². The standard InChI is InChI=1S/C22H32N2O3.C2H7N.CH3NO/c1-3-4-20(26)27-22-9-16-6-17(10-22)8-21(7-16,14-22)11-19(25)24-13-15(2)5-18(24)12-23;1-3-2;2-1-3/h15-18H,3-11,13-14H2,1-2H3;3H,1-2H3;1H,(H2,2,3). The maximum Gasteiger partial charge on any atom is 0.306 e. The second kappa shape index (κ2) is 11.8. The molecule has 0 radical (unpaired) electrons. The van der Waals surface area contributed by atoms with E-state index in [-0.39, 0.29) is 35.3 Å². The molecule has 4 unspecified atom stereocenters. The Hall–Kier alpha value is -2.14. The van der Waals surface area contributed by atoms with E-state index in [9.17, 15) is 14.9 Å². The van der Waals surface area contributed by atoms with Crippen molar-refractivity contribution in [2.45, 2.75) is 89.7 Å². The van der Waals surface area contributed by atoms with Crippen LogP contribution in [0.5, 0.6) is 0 Å². The second-order valence-corrected chi connectivity index (χ2v) is 10.7. The van der Waals surface area contributed by atoms with Crippen molar-refractivity contribution in [3.8, 4) is 6.07 Å². The van der Waals surface area contributed by atoms with Crippen molar-refractivity contribution in [3.63, 3.8) is 0 Å². The van der Waals surface area contributed by atoms with Crippen molar-refractivity contribution < 1.29 is 19.1 Å². The first-order chi connectivity index (χ1) is 15.7. The molecule has 5 aliphatic rings. The minimum Gasteiger partial charge on any atom is -0.459 e. The number of nitrogens with one attached hydrogen (secondary N) is 1. The number of primary amides is 1. The zero-order chi connectivity index (χ0) is 24.6. The van der Waals surface area contributed by atoms with E-state index in [4.69, 9.17) is 9.53 Å². The molecule has 5 rings (SSSR count). The van der Waals surface area contributed by atoms with E-state index >= 15 is 0 Å². The molecule has 1 saturated heterocycles. The second-order valence-electron chi connectivity index (χ2n) is 10.7. The van der Waals surface area contributed by atoms with Crippen molar-refractivity contribution in [2.24, 2.45) is 28.9 Å². The van der Waals surface area contributed by atoms with Gasteiger partial charge in [-0.15, -0.1) is 0 Å². The Labute approximate surface area is 198 Å². The molecule has 0 aromatic rings. The van der Waals surface area contributed by atoms with Crippen LogP contribution in [0.15, 0.2) is 0 Å². The number of rotatable bonds is 5. The van der Waals surface area contributed by atoms with Crippen LogP contribution < -0.4 is 11.1 Å². The Kier molecular flexibility index (Phi) is 9.71. The third kappa shape index (κ3) is 6.69. The summed E-state index contributed by atoms with van der Waals surface area (Å²) < 4.78 is 6.07. The Morgan fingerprint density at radius 2 is 1.79 bits per heavy atom. The van der Waals surface area contributed by atoms with Gasteiger partial charge in [-0.2, -0.15) is 5.26 Å². The normalized spacial score (nSPS) is 35.4. The maximum atomic E-state index is 13.1. The van der Waals surface area contributed by atoms with Crippen LogP contribution in [0, 0.1) is 34.5 Å². The Bertz CT molecular complexity index is 720. The third-order valence-electron chi connectivity index (χ3n) is 7.42. The summed E-state index contributed by atoms with van der Waals surface area (Å²) in [4.78, 5) is 35.8. The molecular formula is C25H42N4O4. The van der Waals surface area contributed by atoms with Crippen LogP contribution in [-0.2, 0) is 19.1 Å². The number of nitrogens with two attached hydrogens (primary N) is 1. The van der Waals surface area contributed by atoms with Crippen molar-refractivity contribution in [3.05, 3.63) is 0 Å². The molecule has 4 saturated carbocycles. The molecule has 1 heterocycles. The topological polar surface area (TPSA) is 126 Å². The molecule has 4 aliphatic carbocycles. The monoisotopic (exact) mass is 462 g/mol. The molecule has 4 atom stereocenters. The summed E-state index contributed by atoms with van der Waals surface area (Å²) in [6.45, 7) is 4.82. The van der Waals surface area contributed by atoms with Crippen LogP contribution in [0.2, 0.25) is 0 Å². The van der Waals surface area contributed by atoms with Gasteiger partial charge < -0.3 is 20.7 Å². The Balaban J connectivity index is 0.000000582. The number of hydrogen-bond acceptors (Lipinski definition) is 6. The lowest BCUT2D eigenvalue weighted by Gasteiger charge is -2.61. The Morgan fingerprint density at radius 1 is 1.21 bits per heavy atom. The lowest BCUT2D eigenvalue weighted by molar-refractivity contribution is -0.203. The van der Waals surface area contributed by atoms with E-state index in [0.29, 0.717) is 37.1 Å². The minimum absolute atomic E-state index is 0.0283.